The van der Waals surface area contributed by atoms with Gasteiger partial charge in [-0.3, -0.25) is 0 Å². The molecule has 0 aliphatic carbocycles. The topological polar surface area (TPSA) is 15.3 Å². The Labute approximate surface area is 92.3 Å². The molecule has 1 aromatic carbocycles. The zero-order valence-electron chi connectivity index (χ0n) is 9.66. The van der Waals surface area contributed by atoms with Crippen molar-refractivity contribution >= 4 is 0 Å². The Morgan fingerprint density at radius 3 is 2.93 bits per heavy atom. The van der Waals surface area contributed by atoms with Gasteiger partial charge in [0.25, 0.3) is 0 Å². The summed E-state index contributed by atoms with van der Waals surface area (Å²) in [5, 5.41) is 3.60. The average molecular weight is 204 g/mol. The van der Waals surface area contributed by atoms with Gasteiger partial charge in [0, 0.05) is 25.7 Å². The van der Waals surface area contributed by atoms with E-state index in [0.717, 1.165) is 19.6 Å². The van der Waals surface area contributed by atoms with Crippen molar-refractivity contribution in [3.8, 4) is 0 Å². The van der Waals surface area contributed by atoms with Crippen LogP contribution in [0.5, 0.6) is 0 Å². The molecule has 0 saturated carbocycles. The Morgan fingerprint density at radius 2 is 2.20 bits per heavy atom. The third-order valence-corrected chi connectivity index (χ3v) is 3.27. The third kappa shape index (κ3) is 2.39. The fraction of sp³-hybridized carbons (Fsp3) is 0.538. The van der Waals surface area contributed by atoms with Crippen LogP contribution in [-0.4, -0.2) is 31.1 Å². The Hall–Kier alpha value is -0.860. The van der Waals surface area contributed by atoms with Crippen molar-refractivity contribution < 1.29 is 0 Å². The van der Waals surface area contributed by atoms with E-state index in [2.05, 4.69) is 48.3 Å². The summed E-state index contributed by atoms with van der Waals surface area (Å²) in [4.78, 5) is 2.51. The highest BCUT2D eigenvalue weighted by molar-refractivity contribution is 5.29. The number of likely N-dealkylation sites (N-methyl/N-ethyl adjacent to an activating group) is 1. The lowest BCUT2D eigenvalue weighted by molar-refractivity contribution is 0.210. The molecule has 0 aromatic heterocycles. The summed E-state index contributed by atoms with van der Waals surface area (Å²) in [5.74, 6) is 0. The Morgan fingerprint density at radius 1 is 1.40 bits per heavy atom. The first kappa shape index (κ1) is 10.7. The minimum Gasteiger partial charge on any atom is -0.308 e. The molecule has 0 amide bonds. The summed E-state index contributed by atoms with van der Waals surface area (Å²) >= 11 is 0. The second-order valence-corrected chi connectivity index (χ2v) is 4.26. The predicted molar refractivity (Wildman–Crippen MR) is 64.0 cm³/mol. The Balaban J connectivity index is 2.13. The number of piperazine rings is 1. The second kappa shape index (κ2) is 4.77. The van der Waals surface area contributed by atoms with Crippen LogP contribution in [0.2, 0.25) is 0 Å². The second-order valence-electron chi connectivity index (χ2n) is 4.26. The SMILES string of the molecule is CCN1CCN[C@@H](c2ccccc2C)C1. The number of benzene rings is 1. The van der Waals surface area contributed by atoms with Gasteiger partial charge in [0.2, 0.25) is 0 Å². The van der Waals surface area contributed by atoms with E-state index in [0.29, 0.717) is 6.04 Å². The number of aryl methyl sites for hydroxylation is 1. The first-order valence-corrected chi connectivity index (χ1v) is 5.82. The van der Waals surface area contributed by atoms with Crippen molar-refractivity contribution in [1.82, 2.24) is 10.2 Å². The molecule has 2 rings (SSSR count). The molecule has 1 aliphatic rings. The van der Waals surface area contributed by atoms with Gasteiger partial charge in [0.15, 0.2) is 0 Å². The minimum atomic E-state index is 0.514. The van der Waals surface area contributed by atoms with Crippen molar-refractivity contribution in [1.29, 1.82) is 0 Å². The molecule has 1 heterocycles. The van der Waals surface area contributed by atoms with Crippen molar-refractivity contribution in [2.24, 2.45) is 0 Å². The van der Waals surface area contributed by atoms with E-state index >= 15 is 0 Å². The maximum atomic E-state index is 3.60. The molecule has 1 atom stereocenters. The summed E-state index contributed by atoms with van der Waals surface area (Å²) in [7, 11) is 0. The van der Waals surface area contributed by atoms with Crippen LogP contribution < -0.4 is 5.32 Å². The summed E-state index contributed by atoms with van der Waals surface area (Å²) in [6.45, 7) is 9.01. The van der Waals surface area contributed by atoms with Gasteiger partial charge in [-0.15, -0.1) is 0 Å². The van der Waals surface area contributed by atoms with E-state index in [1.54, 1.807) is 0 Å². The molecule has 2 nitrogen and oxygen atoms in total. The number of hydrogen-bond donors (Lipinski definition) is 1. The third-order valence-electron chi connectivity index (χ3n) is 3.27. The molecule has 2 heteroatoms. The molecule has 0 radical (unpaired) electrons. The quantitative estimate of drug-likeness (QED) is 0.792. The Kier molecular flexibility index (Phi) is 3.39. The molecule has 82 valence electrons. The fourth-order valence-electron chi connectivity index (χ4n) is 2.28. The lowest BCUT2D eigenvalue weighted by Crippen LogP contribution is -2.45. The maximum absolute atomic E-state index is 3.60. The molecular weight excluding hydrogens is 184 g/mol. The summed E-state index contributed by atoms with van der Waals surface area (Å²) in [5.41, 5.74) is 2.85. The van der Waals surface area contributed by atoms with Crippen LogP contribution >= 0.6 is 0 Å². The fourth-order valence-corrected chi connectivity index (χ4v) is 2.28. The number of nitrogens with zero attached hydrogens (tertiary/aromatic N) is 1. The molecule has 1 aliphatic heterocycles. The van der Waals surface area contributed by atoms with Gasteiger partial charge in [0.05, 0.1) is 0 Å². The van der Waals surface area contributed by atoms with Crippen LogP contribution in [0, 0.1) is 6.92 Å². The van der Waals surface area contributed by atoms with E-state index in [1.165, 1.54) is 17.7 Å². The van der Waals surface area contributed by atoms with E-state index in [9.17, 15) is 0 Å². The highest BCUT2D eigenvalue weighted by atomic mass is 15.2. The van der Waals surface area contributed by atoms with Gasteiger partial charge in [-0.2, -0.15) is 0 Å². The van der Waals surface area contributed by atoms with Crippen molar-refractivity contribution in [2.45, 2.75) is 19.9 Å². The van der Waals surface area contributed by atoms with Gasteiger partial charge in [0.1, 0.15) is 0 Å². The van der Waals surface area contributed by atoms with Gasteiger partial charge >= 0.3 is 0 Å². The highest BCUT2D eigenvalue weighted by Gasteiger charge is 2.20. The normalized spacial score (nSPS) is 22.9. The van der Waals surface area contributed by atoms with E-state index in [4.69, 9.17) is 0 Å². The predicted octanol–water partition coefficient (Wildman–Crippen LogP) is 1.96. The first-order valence-electron chi connectivity index (χ1n) is 5.82. The van der Waals surface area contributed by atoms with Crippen LogP contribution in [0.1, 0.15) is 24.1 Å². The van der Waals surface area contributed by atoms with Crippen molar-refractivity contribution in [3.63, 3.8) is 0 Å². The van der Waals surface area contributed by atoms with Crippen molar-refractivity contribution in [2.75, 3.05) is 26.2 Å². The largest absolute Gasteiger partial charge is 0.308 e. The van der Waals surface area contributed by atoms with Crippen LogP contribution in [0.4, 0.5) is 0 Å². The van der Waals surface area contributed by atoms with Crippen LogP contribution in [0.25, 0.3) is 0 Å². The molecular formula is C13H20N2. The summed E-state index contributed by atoms with van der Waals surface area (Å²) in [6, 6.07) is 9.20. The van der Waals surface area contributed by atoms with Crippen LogP contribution in [0.15, 0.2) is 24.3 Å². The molecule has 0 bridgehead atoms. The van der Waals surface area contributed by atoms with E-state index < -0.39 is 0 Å². The van der Waals surface area contributed by atoms with Gasteiger partial charge in [-0.25, -0.2) is 0 Å². The Bertz CT molecular complexity index is 322. The lowest BCUT2D eigenvalue weighted by Gasteiger charge is -2.33. The van der Waals surface area contributed by atoms with Crippen LogP contribution in [-0.2, 0) is 0 Å². The van der Waals surface area contributed by atoms with Gasteiger partial charge in [-0.05, 0) is 24.6 Å². The van der Waals surface area contributed by atoms with Gasteiger partial charge in [-0.1, -0.05) is 31.2 Å². The summed E-state index contributed by atoms with van der Waals surface area (Å²) in [6.07, 6.45) is 0. The molecule has 1 fully saturated rings. The molecule has 1 aromatic rings. The van der Waals surface area contributed by atoms with Gasteiger partial charge < -0.3 is 10.2 Å². The monoisotopic (exact) mass is 204 g/mol. The van der Waals surface area contributed by atoms with E-state index in [1.807, 2.05) is 0 Å². The zero-order valence-corrected chi connectivity index (χ0v) is 9.66. The number of nitrogens with one attached hydrogen (secondary N) is 1. The molecule has 0 spiro atoms. The standard InChI is InChI=1S/C13H20N2/c1-3-15-9-8-14-13(10-15)12-7-5-4-6-11(12)2/h4-7,13-14H,3,8-10H2,1-2H3/t13-/m1/s1. The van der Waals surface area contributed by atoms with Crippen molar-refractivity contribution in [3.05, 3.63) is 35.4 Å². The summed E-state index contributed by atoms with van der Waals surface area (Å²) < 4.78 is 0. The number of rotatable bonds is 2. The highest BCUT2D eigenvalue weighted by Crippen LogP contribution is 2.20. The van der Waals surface area contributed by atoms with Crippen LogP contribution in [0.3, 0.4) is 0 Å². The number of hydrogen-bond acceptors (Lipinski definition) is 2. The minimum absolute atomic E-state index is 0.514. The molecule has 15 heavy (non-hydrogen) atoms. The first-order chi connectivity index (χ1) is 7.31. The van der Waals surface area contributed by atoms with E-state index in [-0.39, 0.29) is 0 Å². The molecule has 1 N–H and O–H groups in total. The average Bonchev–Trinajstić information content (AvgIpc) is 2.30. The zero-order chi connectivity index (χ0) is 10.7. The smallest absolute Gasteiger partial charge is 0.0452 e. The molecule has 1 saturated heterocycles. The molecule has 0 unspecified atom stereocenters. The lowest BCUT2D eigenvalue weighted by atomic mass is 9.99. The maximum Gasteiger partial charge on any atom is 0.0452 e.